The highest BCUT2D eigenvalue weighted by Gasteiger charge is 2.26. The van der Waals surface area contributed by atoms with Gasteiger partial charge >= 0.3 is 13.6 Å². The first kappa shape index (κ1) is 14.6. The molecule has 0 aliphatic rings. The lowest BCUT2D eigenvalue weighted by Crippen LogP contribution is -2.47. The molecule has 0 fully saturated rings. The van der Waals surface area contributed by atoms with Gasteiger partial charge < -0.3 is 25.5 Å². The number of carbonyl (C=O) groups is 1. The molecule has 0 aliphatic carbocycles. The maximum absolute atomic E-state index is 10.8. The molecule has 8 nitrogen and oxygen atoms in total. The molecule has 0 rings (SSSR count). The minimum atomic E-state index is -4.45. The number of carboxylic acids is 1. The van der Waals surface area contributed by atoms with Crippen LogP contribution in [-0.2, 0) is 9.36 Å². The van der Waals surface area contributed by atoms with E-state index in [0.717, 1.165) is 6.08 Å². The smallest absolute Gasteiger partial charge is 0.351 e. The number of carboxylic acid groups (broad SMARTS) is 1. The summed E-state index contributed by atoms with van der Waals surface area (Å²) in [6.45, 7) is 4.49. The van der Waals surface area contributed by atoms with Gasteiger partial charge in [-0.2, -0.15) is 0 Å². The van der Waals surface area contributed by atoms with Gasteiger partial charge in [0.1, 0.15) is 11.8 Å². The molecule has 0 aromatic rings. The number of nitrogens with one attached hydrogen (secondary N) is 3. The zero-order chi connectivity index (χ0) is 12.9. The Kier molecular flexibility index (Phi) is 5.16. The second kappa shape index (κ2) is 5.64. The van der Waals surface area contributed by atoms with Crippen LogP contribution < -0.4 is 10.6 Å². The standard InChI is InChI=1S/C7H14N3O5P/c1-3-5(16(13,14)15)10-7(8)9-4(2)6(11)12/h3-5H,1H2,2H3,(H,11,12)(H3,8,9,10)(H2,13,14,15). The Hall–Kier alpha value is -1.37. The number of aliphatic carboxylic acids is 1. The monoisotopic (exact) mass is 251 g/mol. The summed E-state index contributed by atoms with van der Waals surface area (Å²) in [5.41, 5.74) is 0. The zero-order valence-electron chi connectivity index (χ0n) is 8.54. The lowest BCUT2D eigenvalue weighted by Gasteiger charge is -2.19. The van der Waals surface area contributed by atoms with Crippen LogP contribution in [0.3, 0.4) is 0 Å². The Bertz CT molecular complexity index is 339. The Morgan fingerprint density at radius 3 is 2.31 bits per heavy atom. The summed E-state index contributed by atoms with van der Waals surface area (Å²) in [5.74, 6) is -3.10. The molecule has 0 heterocycles. The lowest BCUT2D eigenvalue weighted by molar-refractivity contribution is -0.138. The van der Waals surface area contributed by atoms with E-state index in [1.54, 1.807) is 0 Å². The van der Waals surface area contributed by atoms with Crippen molar-refractivity contribution < 1.29 is 24.3 Å². The van der Waals surface area contributed by atoms with Gasteiger partial charge in [0.2, 0.25) is 0 Å². The number of rotatable bonds is 5. The van der Waals surface area contributed by atoms with Gasteiger partial charge in [0, 0.05) is 0 Å². The van der Waals surface area contributed by atoms with Crippen molar-refractivity contribution in [3.8, 4) is 0 Å². The van der Waals surface area contributed by atoms with Crippen LogP contribution in [-0.4, -0.2) is 38.6 Å². The van der Waals surface area contributed by atoms with Crippen molar-refractivity contribution in [2.45, 2.75) is 18.7 Å². The van der Waals surface area contributed by atoms with Crippen molar-refractivity contribution >= 4 is 19.5 Å². The maximum Gasteiger partial charge on any atom is 0.351 e. The van der Waals surface area contributed by atoms with E-state index in [1.807, 2.05) is 0 Å². The number of hydrogen-bond donors (Lipinski definition) is 6. The van der Waals surface area contributed by atoms with Crippen LogP contribution in [0.1, 0.15) is 6.92 Å². The van der Waals surface area contributed by atoms with E-state index in [2.05, 4.69) is 17.2 Å². The zero-order valence-corrected chi connectivity index (χ0v) is 9.44. The van der Waals surface area contributed by atoms with Crippen LogP contribution in [0.5, 0.6) is 0 Å². The topological polar surface area (TPSA) is 143 Å². The molecular weight excluding hydrogens is 237 g/mol. The highest BCUT2D eigenvalue weighted by Crippen LogP contribution is 2.39. The van der Waals surface area contributed by atoms with E-state index >= 15 is 0 Å². The third kappa shape index (κ3) is 4.92. The van der Waals surface area contributed by atoms with Crippen LogP contribution in [0.15, 0.2) is 12.7 Å². The molecule has 9 heteroatoms. The minimum absolute atomic E-state index is 0.497. The third-order valence-electron chi connectivity index (χ3n) is 1.61. The van der Waals surface area contributed by atoms with Gasteiger partial charge in [-0.05, 0) is 6.92 Å². The molecule has 0 bridgehead atoms. The molecule has 2 atom stereocenters. The third-order valence-corrected chi connectivity index (χ3v) is 2.67. The molecule has 16 heavy (non-hydrogen) atoms. The molecule has 0 saturated heterocycles. The van der Waals surface area contributed by atoms with Gasteiger partial charge in [0.05, 0.1) is 0 Å². The van der Waals surface area contributed by atoms with Crippen LogP contribution in [0.2, 0.25) is 0 Å². The van der Waals surface area contributed by atoms with E-state index in [9.17, 15) is 9.36 Å². The normalized spacial score (nSPS) is 14.7. The summed E-state index contributed by atoms with van der Waals surface area (Å²) < 4.78 is 10.8. The highest BCUT2D eigenvalue weighted by molar-refractivity contribution is 7.52. The van der Waals surface area contributed by atoms with Crippen LogP contribution in [0, 0.1) is 5.41 Å². The maximum atomic E-state index is 10.8. The molecular formula is C7H14N3O5P. The van der Waals surface area contributed by atoms with E-state index in [0.29, 0.717) is 0 Å². The average molecular weight is 251 g/mol. The highest BCUT2D eigenvalue weighted by atomic mass is 31.2. The van der Waals surface area contributed by atoms with Crippen LogP contribution in [0.25, 0.3) is 0 Å². The van der Waals surface area contributed by atoms with Crippen molar-refractivity contribution in [1.82, 2.24) is 10.6 Å². The number of hydrogen-bond acceptors (Lipinski definition) is 3. The predicted octanol–water partition coefficient (Wildman–Crippen LogP) is -0.737. The van der Waals surface area contributed by atoms with Gasteiger partial charge in [-0.15, -0.1) is 6.58 Å². The van der Waals surface area contributed by atoms with E-state index < -0.39 is 31.3 Å². The Labute approximate surface area is 92.0 Å². The quantitative estimate of drug-likeness (QED) is 0.163. The van der Waals surface area contributed by atoms with Gasteiger partial charge in [-0.3, -0.25) is 14.8 Å². The molecule has 6 N–H and O–H groups in total. The van der Waals surface area contributed by atoms with Crippen LogP contribution in [0.4, 0.5) is 0 Å². The van der Waals surface area contributed by atoms with Gasteiger partial charge in [-0.1, -0.05) is 6.08 Å². The first-order chi connectivity index (χ1) is 7.18. The van der Waals surface area contributed by atoms with E-state index in [-0.39, 0.29) is 0 Å². The summed E-state index contributed by atoms with van der Waals surface area (Å²) in [5, 5.41) is 20.1. The van der Waals surface area contributed by atoms with Crippen molar-refractivity contribution in [3.05, 3.63) is 12.7 Å². The van der Waals surface area contributed by atoms with E-state index in [1.165, 1.54) is 6.92 Å². The molecule has 92 valence electrons. The second-order valence-corrected chi connectivity index (χ2v) is 4.73. The molecule has 0 aromatic carbocycles. The van der Waals surface area contributed by atoms with Gasteiger partial charge in [-0.25, -0.2) is 0 Å². The van der Waals surface area contributed by atoms with E-state index in [4.69, 9.17) is 20.3 Å². The lowest BCUT2D eigenvalue weighted by atomic mass is 10.3. The Morgan fingerprint density at radius 2 is 2.00 bits per heavy atom. The minimum Gasteiger partial charge on any atom is -0.480 e. The van der Waals surface area contributed by atoms with Gasteiger partial charge in [0.25, 0.3) is 0 Å². The summed E-state index contributed by atoms with van der Waals surface area (Å²) in [7, 11) is -4.45. The Balaban J connectivity index is 4.39. The predicted molar refractivity (Wildman–Crippen MR) is 57.1 cm³/mol. The van der Waals surface area contributed by atoms with Gasteiger partial charge in [0.15, 0.2) is 5.96 Å². The molecule has 2 unspecified atom stereocenters. The van der Waals surface area contributed by atoms with Crippen molar-refractivity contribution in [3.63, 3.8) is 0 Å². The van der Waals surface area contributed by atoms with Crippen molar-refractivity contribution in [1.29, 1.82) is 5.41 Å². The average Bonchev–Trinajstić information content (AvgIpc) is 2.11. The summed E-state index contributed by atoms with van der Waals surface area (Å²) >= 11 is 0. The molecule has 0 radical (unpaired) electrons. The SMILES string of the molecule is C=CC(NC(=N)NC(C)C(=O)O)P(=O)(O)O. The molecule has 0 amide bonds. The van der Waals surface area contributed by atoms with Crippen molar-refractivity contribution in [2.24, 2.45) is 0 Å². The largest absolute Gasteiger partial charge is 0.480 e. The summed E-state index contributed by atoms with van der Waals surface area (Å²) in [4.78, 5) is 28.0. The Morgan fingerprint density at radius 1 is 1.50 bits per heavy atom. The summed E-state index contributed by atoms with van der Waals surface area (Å²) in [6.07, 6.45) is 0.947. The first-order valence-electron chi connectivity index (χ1n) is 4.20. The fourth-order valence-electron chi connectivity index (χ4n) is 0.748. The summed E-state index contributed by atoms with van der Waals surface area (Å²) in [6, 6.07) is -1.04. The molecule has 0 saturated carbocycles. The fourth-order valence-corrected chi connectivity index (χ4v) is 1.32. The molecule has 0 aliphatic heterocycles. The molecule has 0 spiro atoms. The number of guanidine groups is 1. The van der Waals surface area contributed by atoms with Crippen LogP contribution >= 0.6 is 7.60 Å². The first-order valence-corrected chi connectivity index (χ1v) is 5.89. The molecule has 0 aromatic heterocycles. The second-order valence-electron chi connectivity index (χ2n) is 2.99. The van der Waals surface area contributed by atoms with Crippen molar-refractivity contribution in [2.75, 3.05) is 0 Å². The fraction of sp³-hybridized carbons (Fsp3) is 0.429.